The molecule has 1 aliphatic heterocycles. The van der Waals surface area contributed by atoms with E-state index in [4.69, 9.17) is 14.1 Å². The van der Waals surface area contributed by atoms with Crippen molar-refractivity contribution < 1.29 is 13.9 Å². The van der Waals surface area contributed by atoms with Crippen molar-refractivity contribution in [1.29, 1.82) is 0 Å². The molecule has 1 amide bonds. The van der Waals surface area contributed by atoms with Crippen LogP contribution in [0.4, 0.5) is 0 Å². The van der Waals surface area contributed by atoms with Crippen LogP contribution in [0, 0.1) is 0 Å². The molecule has 0 unspecified atom stereocenters. The number of guanidine groups is 1. The molecule has 8 heteroatoms. The Morgan fingerprint density at radius 3 is 2.83 bits per heavy atom. The van der Waals surface area contributed by atoms with Gasteiger partial charge in [0.1, 0.15) is 5.76 Å². The molecule has 1 aromatic rings. The van der Waals surface area contributed by atoms with Gasteiger partial charge in [0.05, 0.1) is 12.8 Å². The molecule has 0 atom stereocenters. The van der Waals surface area contributed by atoms with Crippen LogP contribution >= 0.6 is 0 Å². The summed E-state index contributed by atoms with van der Waals surface area (Å²) < 4.78 is 10.8. The molecule has 2 heterocycles. The van der Waals surface area contributed by atoms with Crippen molar-refractivity contribution in [1.82, 2.24) is 20.4 Å². The topological polar surface area (TPSA) is 82.3 Å². The van der Waals surface area contributed by atoms with Crippen molar-refractivity contribution in [3.8, 4) is 0 Å². The summed E-state index contributed by atoms with van der Waals surface area (Å²) in [4.78, 5) is 21.3. The summed E-state index contributed by atoms with van der Waals surface area (Å²) in [5.74, 6) is 2.07. The molecule has 2 N–H and O–H groups in total. The fraction of sp³-hybridized carbons (Fsp3) is 0.714. The second kappa shape index (κ2) is 11.8. The maximum absolute atomic E-state index is 12.0. The number of piperazine rings is 1. The van der Waals surface area contributed by atoms with Gasteiger partial charge >= 0.3 is 0 Å². The van der Waals surface area contributed by atoms with E-state index in [0.717, 1.165) is 89.9 Å². The van der Waals surface area contributed by atoms with Crippen LogP contribution in [-0.2, 0) is 16.0 Å². The number of hydrogen-bond acceptors (Lipinski definition) is 5. The van der Waals surface area contributed by atoms with Crippen molar-refractivity contribution in [3.05, 3.63) is 24.2 Å². The fourth-order valence-electron chi connectivity index (χ4n) is 3.34. The zero-order valence-electron chi connectivity index (χ0n) is 17.6. The zero-order chi connectivity index (χ0) is 20.3. The number of nitrogens with one attached hydrogen (secondary N) is 2. The second-order valence-corrected chi connectivity index (χ2v) is 7.62. The van der Waals surface area contributed by atoms with Crippen LogP contribution in [0.5, 0.6) is 0 Å². The number of aliphatic imine (C=N–C) groups is 1. The minimum Gasteiger partial charge on any atom is -0.469 e. The van der Waals surface area contributed by atoms with Crippen LogP contribution in [0.2, 0.25) is 0 Å². The predicted octanol–water partition coefficient (Wildman–Crippen LogP) is 1.09. The Hall–Kier alpha value is -2.06. The molecule has 29 heavy (non-hydrogen) atoms. The van der Waals surface area contributed by atoms with Gasteiger partial charge in [-0.15, -0.1) is 0 Å². The van der Waals surface area contributed by atoms with E-state index in [0.29, 0.717) is 12.6 Å². The molecule has 1 saturated heterocycles. The van der Waals surface area contributed by atoms with E-state index in [1.165, 1.54) is 0 Å². The molecule has 3 rings (SSSR count). The van der Waals surface area contributed by atoms with Gasteiger partial charge in [-0.25, -0.2) is 0 Å². The van der Waals surface area contributed by atoms with Crippen LogP contribution in [0.25, 0.3) is 0 Å². The van der Waals surface area contributed by atoms with Crippen LogP contribution in [0.3, 0.4) is 0 Å². The Kier molecular flexibility index (Phi) is 8.82. The van der Waals surface area contributed by atoms with E-state index in [1.54, 1.807) is 6.26 Å². The molecule has 0 radical (unpaired) electrons. The number of ether oxygens (including phenoxy) is 1. The Balaban J connectivity index is 1.44. The lowest BCUT2D eigenvalue weighted by molar-refractivity contribution is -0.122. The summed E-state index contributed by atoms with van der Waals surface area (Å²) in [6.07, 6.45) is 5.71. The van der Waals surface area contributed by atoms with Gasteiger partial charge < -0.3 is 24.7 Å². The third kappa shape index (κ3) is 8.06. The molecule has 2 fully saturated rings. The summed E-state index contributed by atoms with van der Waals surface area (Å²) in [7, 11) is 0. The number of hydrogen-bond donors (Lipinski definition) is 2. The fourth-order valence-corrected chi connectivity index (χ4v) is 3.34. The van der Waals surface area contributed by atoms with Crippen molar-refractivity contribution in [2.24, 2.45) is 4.99 Å². The summed E-state index contributed by atoms with van der Waals surface area (Å²) in [6.45, 7) is 8.99. The minimum absolute atomic E-state index is 0.155. The van der Waals surface area contributed by atoms with Gasteiger partial charge in [-0.3, -0.25) is 14.7 Å². The van der Waals surface area contributed by atoms with Gasteiger partial charge in [-0.1, -0.05) is 0 Å². The number of amides is 1. The average Bonchev–Trinajstić information content (AvgIpc) is 3.37. The summed E-state index contributed by atoms with van der Waals surface area (Å²) in [5.41, 5.74) is 0. The van der Waals surface area contributed by atoms with Gasteiger partial charge in [0.2, 0.25) is 5.91 Å². The van der Waals surface area contributed by atoms with Crippen molar-refractivity contribution in [2.75, 3.05) is 59.0 Å². The Bertz CT molecular complexity index is 622. The highest BCUT2D eigenvalue weighted by molar-refractivity contribution is 5.80. The zero-order valence-corrected chi connectivity index (χ0v) is 17.6. The SMILES string of the molecule is CCOCCCN=C(NCCc1ccco1)N1CCN(CC(=O)NC2CC2)CC1. The third-order valence-corrected chi connectivity index (χ3v) is 5.13. The molecule has 0 bridgehead atoms. The number of carbonyl (C=O) groups is 1. The number of rotatable bonds is 11. The lowest BCUT2D eigenvalue weighted by atomic mass is 10.3. The molecule has 0 aromatic carbocycles. The number of furan rings is 1. The molecule has 0 spiro atoms. The highest BCUT2D eigenvalue weighted by atomic mass is 16.5. The van der Waals surface area contributed by atoms with Gasteiger partial charge in [0.15, 0.2) is 5.96 Å². The summed E-state index contributed by atoms with van der Waals surface area (Å²) >= 11 is 0. The van der Waals surface area contributed by atoms with Gasteiger partial charge in [0, 0.05) is 64.9 Å². The molecule has 1 aromatic heterocycles. The van der Waals surface area contributed by atoms with E-state index in [9.17, 15) is 4.79 Å². The van der Waals surface area contributed by atoms with Crippen LogP contribution < -0.4 is 10.6 Å². The standard InChI is InChI=1S/C21H35N5O3/c1-2-28-15-4-9-22-21(23-10-8-19-5-3-16-29-19)26-13-11-25(12-14-26)17-20(27)24-18-6-7-18/h3,5,16,18H,2,4,6-15,17H2,1H3,(H,22,23)(H,24,27). The highest BCUT2D eigenvalue weighted by Gasteiger charge is 2.25. The smallest absolute Gasteiger partial charge is 0.234 e. The molecule has 162 valence electrons. The first-order chi connectivity index (χ1) is 14.2. The summed E-state index contributed by atoms with van der Waals surface area (Å²) in [5, 5.41) is 6.56. The van der Waals surface area contributed by atoms with Gasteiger partial charge in [0.25, 0.3) is 0 Å². The predicted molar refractivity (Wildman–Crippen MR) is 113 cm³/mol. The van der Waals surface area contributed by atoms with E-state index >= 15 is 0 Å². The molecular weight excluding hydrogens is 370 g/mol. The van der Waals surface area contributed by atoms with Crippen molar-refractivity contribution >= 4 is 11.9 Å². The Morgan fingerprint density at radius 2 is 2.14 bits per heavy atom. The van der Waals surface area contributed by atoms with Crippen LogP contribution in [0.15, 0.2) is 27.8 Å². The van der Waals surface area contributed by atoms with Crippen LogP contribution in [0.1, 0.15) is 31.9 Å². The normalized spacial score (nSPS) is 18.1. The molecule has 2 aliphatic rings. The van der Waals surface area contributed by atoms with E-state index in [2.05, 4.69) is 20.4 Å². The third-order valence-electron chi connectivity index (χ3n) is 5.13. The minimum atomic E-state index is 0.155. The maximum atomic E-state index is 12.0. The van der Waals surface area contributed by atoms with Gasteiger partial charge in [-0.2, -0.15) is 0 Å². The van der Waals surface area contributed by atoms with E-state index in [-0.39, 0.29) is 5.91 Å². The number of nitrogens with zero attached hydrogens (tertiary/aromatic N) is 3. The Morgan fingerprint density at radius 1 is 1.31 bits per heavy atom. The molecule has 1 aliphatic carbocycles. The lowest BCUT2D eigenvalue weighted by Crippen LogP contribution is -2.54. The first-order valence-corrected chi connectivity index (χ1v) is 10.9. The quantitative estimate of drug-likeness (QED) is 0.326. The van der Waals surface area contributed by atoms with Crippen LogP contribution in [-0.4, -0.2) is 86.7 Å². The Labute approximate surface area is 173 Å². The van der Waals surface area contributed by atoms with E-state index in [1.807, 2.05) is 19.1 Å². The first kappa shape index (κ1) is 21.6. The first-order valence-electron chi connectivity index (χ1n) is 10.9. The molecular formula is C21H35N5O3. The average molecular weight is 406 g/mol. The lowest BCUT2D eigenvalue weighted by Gasteiger charge is -2.36. The summed E-state index contributed by atoms with van der Waals surface area (Å²) in [6, 6.07) is 4.33. The van der Waals surface area contributed by atoms with Crippen molar-refractivity contribution in [2.45, 2.75) is 38.6 Å². The highest BCUT2D eigenvalue weighted by Crippen LogP contribution is 2.18. The maximum Gasteiger partial charge on any atom is 0.234 e. The largest absolute Gasteiger partial charge is 0.469 e. The molecule has 8 nitrogen and oxygen atoms in total. The van der Waals surface area contributed by atoms with E-state index < -0.39 is 0 Å². The second-order valence-electron chi connectivity index (χ2n) is 7.62. The van der Waals surface area contributed by atoms with Crippen molar-refractivity contribution in [3.63, 3.8) is 0 Å². The number of carbonyl (C=O) groups excluding carboxylic acids is 1. The molecule has 1 saturated carbocycles. The monoisotopic (exact) mass is 405 g/mol. The van der Waals surface area contributed by atoms with Gasteiger partial charge in [-0.05, 0) is 38.3 Å².